The van der Waals surface area contributed by atoms with Crippen LogP contribution in [0.2, 0.25) is 0 Å². The summed E-state index contributed by atoms with van der Waals surface area (Å²) in [7, 11) is -3.83. The van der Waals surface area contributed by atoms with Crippen LogP contribution >= 0.6 is 0 Å². The number of nitrogens with one attached hydrogen (secondary N) is 1. The first kappa shape index (κ1) is 22.3. The summed E-state index contributed by atoms with van der Waals surface area (Å²) >= 11 is 0. The molecule has 12 heteroatoms. The van der Waals surface area contributed by atoms with Crippen LogP contribution < -0.4 is 5.56 Å². The SMILES string of the molecule is O=c1[nH]c([C@H]2CCCN(S(=O)(=O)c3ccc(F)cc3)C2)nc2c1nnn2Cc1ccc(F)cc1. The molecule has 1 aliphatic heterocycles. The second-order valence-electron chi connectivity index (χ2n) is 8.15. The van der Waals surface area contributed by atoms with E-state index in [1.807, 2.05) is 0 Å². The van der Waals surface area contributed by atoms with Crippen molar-refractivity contribution in [3.63, 3.8) is 0 Å². The Labute approximate surface area is 193 Å². The predicted octanol–water partition coefficient (Wildman–Crippen LogP) is 2.41. The highest BCUT2D eigenvalue weighted by atomic mass is 32.2. The van der Waals surface area contributed by atoms with E-state index in [2.05, 4.69) is 20.3 Å². The molecule has 0 spiro atoms. The molecule has 176 valence electrons. The van der Waals surface area contributed by atoms with Crippen molar-refractivity contribution in [2.24, 2.45) is 0 Å². The van der Waals surface area contributed by atoms with Crippen LogP contribution in [-0.2, 0) is 16.6 Å². The number of sulfonamides is 1. The summed E-state index contributed by atoms with van der Waals surface area (Å²) in [4.78, 5) is 20.0. The van der Waals surface area contributed by atoms with Gasteiger partial charge in [-0.2, -0.15) is 4.31 Å². The van der Waals surface area contributed by atoms with Crippen molar-refractivity contribution in [2.75, 3.05) is 13.1 Å². The van der Waals surface area contributed by atoms with E-state index in [1.165, 1.54) is 33.3 Å². The first-order chi connectivity index (χ1) is 16.3. The van der Waals surface area contributed by atoms with Crippen LogP contribution in [0, 0.1) is 11.6 Å². The zero-order valence-electron chi connectivity index (χ0n) is 17.9. The van der Waals surface area contributed by atoms with Gasteiger partial charge in [-0.3, -0.25) is 4.79 Å². The van der Waals surface area contributed by atoms with Crippen LogP contribution in [0.3, 0.4) is 0 Å². The molecule has 9 nitrogen and oxygen atoms in total. The molecule has 4 aromatic rings. The van der Waals surface area contributed by atoms with Gasteiger partial charge in [0.25, 0.3) is 5.56 Å². The van der Waals surface area contributed by atoms with Crippen LogP contribution in [0.1, 0.15) is 30.1 Å². The Bertz CT molecular complexity index is 1500. The van der Waals surface area contributed by atoms with Gasteiger partial charge in [-0.05, 0) is 54.8 Å². The van der Waals surface area contributed by atoms with Gasteiger partial charge in [0, 0.05) is 19.0 Å². The fraction of sp³-hybridized carbons (Fsp3) is 0.273. The van der Waals surface area contributed by atoms with Gasteiger partial charge in [-0.1, -0.05) is 17.3 Å². The molecule has 1 fully saturated rings. The Balaban J connectivity index is 1.44. The summed E-state index contributed by atoms with van der Waals surface area (Å²) in [6.07, 6.45) is 1.20. The van der Waals surface area contributed by atoms with Crippen molar-refractivity contribution in [2.45, 2.75) is 30.2 Å². The molecule has 1 aliphatic rings. The largest absolute Gasteiger partial charge is 0.308 e. The van der Waals surface area contributed by atoms with Gasteiger partial charge in [0.2, 0.25) is 10.0 Å². The Kier molecular flexibility index (Phi) is 5.70. The predicted molar refractivity (Wildman–Crippen MR) is 119 cm³/mol. The molecule has 0 unspecified atom stereocenters. The molecule has 34 heavy (non-hydrogen) atoms. The van der Waals surface area contributed by atoms with Crippen LogP contribution in [-0.4, -0.2) is 50.8 Å². The third kappa shape index (κ3) is 4.21. The van der Waals surface area contributed by atoms with Crippen molar-refractivity contribution in [3.05, 3.63) is 81.9 Å². The molecular formula is C22H20F2N6O3S. The van der Waals surface area contributed by atoms with Crippen molar-refractivity contribution < 1.29 is 17.2 Å². The lowest BCUT2D eigenvalue weighted by Gasteiger charge is -2.31. The van der Waals surface area contributed by atoms with Crippen LogP contribution in [0.4, 0.5) is 8.78 Å². The Morgan fingerprint density at radius 2 is 1.71 bits per heavy atom. The molecule has 5 rings (SSSR count). The molecule has 0 bridgehead atoms. The molecule has 0 amide bonds. The number of aromatic nitrogens is 5. The van der Waals surface area contributed by atoms with E-state index in [9.17, 15) is 22.0 Å². The Morgan fingerprint density at radius 1 is 1.03 bits per heavy atom. The normalized spacial score (nSPS) is 17.3. The number of nitrogens with zero attached hydrogens (tertiary/aromatic N) is 5. The molecule has 2 aromatic heterocycles. The highest BCUT2D eigenvalue weighted by Gasteiger charge is 2.32. The van der Waals surface area contributed by atoms with Gasteiger partial charge >= 0.3 is 0 Å². The molecule has 1 saturated heterocycles. The maximum absolute atomic E-state index is 13.2. The lowest BCUT2D eigenvalue weighted by atomic mass is 9.99. The fourth-order valence-corrected chi connectivity index (χ4v) is 5.61. The summed E-state index contributed by atoms with van der Waals surface area (Å²) in [5.74, 6) is -0.882. The summed E-state index contributed by atoms with van der Waals surface area (Å²) < 4.78 is 55.4. The number of hydrogen-bond donors (Lipinski definition) is 1. The number of fused-ring (bicyclic) bond motifs is 1. The molecule has 1 N–H and O–H groups in total. The quantitative estimate of drug-likeness (QED) is 0.464. The monoisotopic (exact) mass is 486 g/mol. The second kappa shape index (κ2) is 8.69. The minimum atomic E-state index is -3.83. The third-order valence-corrected chi connectivity index (χ3v) is 7.74. The zero-order chi connectivity index (χ0) is 23.9. The maximum atomic E-state index is 13.2. The van der Waals surface area contributed by atoms with Crippen molar-refractivity contribution >= 4 is 21.2 Å². The van der Waals surface area contributed by atoms with Crippen LogP contribution in [0.5, 0.6) is 0 Å². The van der Waals surface area contributed by atoms with E-state index in [-0.39, 0.29) is 40.9 Å². The summed E-state index contributed by atoms with van der Waals surface area (Å²) in [6.45, 7) is 0.669. The molecular weight excluding hydrogens is 466 g/mol. The van der Waals surface area contributed by atoms with E-state index < -0.39 is 21.4 Å². The van der Waals surface area contributed by atoms with Crippen molar-refractivity contribution in [1.29, 1.82) is 0 Å². The van der Waals surface area contributed by atoms with E-state index in [0.29, 0.717) is 25.2 Å². The lowest BCUT2D eigenvalue weighted by Crippen LogP contribution is -2.39. The standard InChI is InChI=1S/C22H20F2N6O3S/c23-16-5-3-14(4-6-16)12-30-21-19(27-28-30)22(31)26-20(25-21)15-2-1-11-29(13-15)34(32,33)18-9-7-17(24)8-10-18/h3-10,15H,1-2,11-13H2,(H,25,26,31)/t15-/m0/s1. The average molecular weight is 487 g/mol. The van der Waals surface area contributed by atoms with Gasteiger partial charge in [-0.15, -0.1) is 5.10 Å². The molecule has 3 heterocycles. The number of rotatable bonds is 5. The van der Waals surface area contributed by atoms with Gasteiger partial charge in [0.05, 0.1) is 11.4 Å². The van der Waals surface area contributed by atoms with Gasteiger partial charge in [-0.25, -0.2) is 26.9 Å². The van der Waals surface area contributed by atoms with E-state index in [0.717, 1.165) is 17.7 Å². The molecule has 2 aromatic carbocycles. The topological polar surface area (TPSA) is 114 Å². The van der Waals surface area contributed by atoms with Crippen molar-refractivity contribution in [1.82, 2.24) is 29.3 Å². The van der Waals surface area contributed by atoms with Crippen LogP contribution in [0.15, 0.2) is 58.2 Å². The lowest BCUT2D eigenvalue weighted by molar-refractivity contribution is 0.309. The fourth-order valence-electron chi connectivity index (χ4n) is 4.09. The number of aromatic amines is 1. The van der Waals surface area contributed by atoms with Crippen molar-refractivity contribution in [3.8, 4) is 0 Å². The number of H-pyrrole nitrogens is 1. The van der Waals surface area contributed by atoms with Gasteiger partial charge in [0.1, 0.15) is 17.5 Å². The average Bonchev–Trinajstić information content (AvgIpc) is 3.24. The van der Waals surface area contributed by atoms with E-state index >= 15 is 0 Å². The van der Waals surface area contributed by atoms with Gasteiger partial charge < -0.3 is 4.98 Å². The smallest absolute Gasteiger partial charge is 0.281 e. The minimum Gasteiger partial charge on any atom is -0.308 e. The first-order valence-electron chi connectivity index (χ1n) is 10.6. The molecule has 0 aliphatic carbocycles. The van der Waals surface area contributed by atoms with E-state index in [4.69, 9.17) is 0 Å². The number of hydrogen-bond acceptors (Lipinski definition) is 6. The highest BCUT2D eigenvalue weighted by Crippen LogP contribution is 2.29. The molecule has 0 radical (unpaired) electrons. The Morgan fingerprint density at radius 3 is 2.41 bits per heavy atom. The first-order valence-corrected chi connectivity index (χ1v) is 12.1. The Hall–Kier alpha value is -3.51. The summed E-state index contributed by atoms with van der Waals surface area (Å²) in [6, 6.07) is 10.6. The maximum Gasteiger partial charge on any atom is 0.281 e. The zero-order valence-corrected chi connectivity index (χ0v) is 18.7. The summed E-state index contributed by atoms with van der Waals surface area (Å²) in [5.41, 5.74) is 0.619. The third-order valence-electron chi connectivity index (χ3n) is 5.86. The minimum absolute atomic E-state index is 0.00743. The number of halogens is 2. The molecule has 0 saturated carbocycles. The van der Waals surface area contributed by atoms with Gasteiger partial charge in [0.15, 0.2) is 11.2 Å². The number of benzene rings is 2. The number of piperidine rings is 1. The van der Waals surface area contributed by atoms with E-state index in [1.54, 1.807) is 12.1 Å². The highest BCUT2D eigenvalue weighted by molar-refractivity contribution is 7.89. The van der Waals surface area contributed by atoms with Crippen LogP contribution in [0.25, 0.3) is 11.2 Å². The molecule has 1 atom stereocenters. The second-order valence-corrected chi connectivity index (χ2v) is 10.1. The summed E-state index contributed by atoms with van der Waals surface area (Å²) in [5, 5.41) is 7.93.